The number of anilines is 1. The Morgan fingerprint density at radius 3 is 2.66 bits per heavy atom. The lowest BCUT2D eigenvalue weighted by atomic mass is 9.83. The second-order valence-electron chi connectivity index (χ2n) is 9.14. The van der Waals surface area contributed by atoms with E-state index in [1.165, 1.54) is 5.56 Å². The third kappa shape index (κ3) is 4.89. The molecule has 2 aliphatic rings. The first-order valence-electron chi connectivity index (χ1n) is 11.1. The van der Waals surface area contributed by atoms with Crippen LogP contribution in [0.15, 0.2) is 42.5 Å². The van der Waals surface area contributed by atoms with Crippen LogP contribution in [0.3, 0.4) is 0 Å². The number of hydrogen-bond donors (Lipinski definition) is 1. The van der Waals surface area contributed by atoms with Crippen LogP contribution in [0.5, 0.6) is 0 Å². The van der Waals surface area contributed by atoms with Gasteiger partial charge in [0.2, 0.25) is 5.91 Å². The molecule has 2 aromatic carbocycles. The summed E-state index contributed by atoms with van der Waals surface area (Å²) >= 11 is 6.02. The molecular formula is C24H29ClN4O3. The predicted octanol–water partition coefficient (Wildman–Crippen LogP) is 3.88. The summed E-state index contributed by atoms with van der Waals surface area (Å²) in [4.78, 5) is 28.8. The topological polar surface area (TPSA) is 78.7 Å². The molecule has 8 heteroatoms. The van der Waals surface area contributed by atoms with Crippen LogP contribution in [0.1, 0.15) is 25.0 Å². The van der Waals surface area contributed by atoms with Crippen LogP contribution in [0.2, 0.25) is 5.02 Å². The second kappa shape index (κ2) is 9.46. The standard InChI is InChI=1S/C24H29ClN4O3/c1-16(2)13-26-24(30)21-12-18-11-20(29(31)32)7-8-22(18)28-10-9-27(15-23(21)28)14-17-3-5-19(25)6-4-17/h3-8,11,16,21,23H,9-10,12-15H2,1-2H3,(H,26,30)/t21-,23+/m0/s1. The Balaban J connectivity index is 1.59. The van der Waals surface area contributed by atoms with Crippen molar-refractivity contribution in [3.8, 4) is 0 Å². The van der Waals surface area contributed by atoms with Gasteiger partial charge in [0.25, 0.3) is 5.69 Å². The first kappa shape index (κ1) is 22.6. The number of piperazine rings is 1. The number of nitrogens with one attached hydrogen (secondary N) is 1. The van der Waals surface area contributed by atoms with Gasteiger partial charge in [-0.15, -0.1) is 0 Å². The fourth-order valence-corrected chi connectivity index (χ4v) is 4.84. The minimum atomic E-state index is -0.371. The van der Waals surface area contributed by atoms with Gasteiger partial charge >= 0.3 is 0 Å². The number of nitro benzene ring substituents is 1. The van der Waals surface area contributed by atoms with Crippen molar-refractivity contribution in [3.63, 3.8) is 0 Å². The molecule has 1 N–H and O–H groups in total. The summed E-state index contributed by atoms with van der Waals surface area (Å²) in [7, 11) is 0. The van der Waals surface area contributed by atoms with Gasteiger partial charge in [-0.2, -0.15) is 0 Å². The Morgan fingerprint density at radius 2 is 1.97 bits per heavy atom. The lowest BCUT2D eigenvalue weighted by Crippen LogP contribution is -2.61. The van der Waals surface area contributed by atoms with E-state index < -0.39 is 0 Å². The maximum absolute atomic E-state index is 13.2. The Labute approximate surface area is 193 Å². The van der Waals surface area contributed by atoms with Crippen LogP contribution in [-0.4, -0.2) is 48.0 Å². The monoisotopic (exact) mass is 456 g/mol. The molecule has 0 saturated carbocycles. The van der Waals surface area contributed by atoms with Gasteiger partial charge in [-0.3, -0.25) is 19.8 Å². The van der Waals surface area contributed by atoms with Crippen molar-refractivity contribution >= 4 is 28.9 Å². The number of fused-ring (bicyclic) bond motifs is 3. The van der Waals surface area contributed by atoms with E-state index in [9.17, 15) is 14.9 Å². The molecule has 0 aromatic heterocycles. The smallest absolute Gasteiger partial charge is 0.269 e. The number of rotatable bonds is 6. The average molecular weight is 457 g/mol. The molecule has 0 unspecified atom stereocenters. The Bertz CT molecular complexity index is 995. The van der Waals surface area contributed by atoms with Crippen LogP contribution in [0.25, 0.3) is 0 Å². The van der Waals surface area contributed by atoms with Gasteiger partial charge in [0.05, 0.1) is 16.9 Å². The number of nitrogens with zero attached hydrogens (tertiary/aromatic N) is 3. The zero-order chi connectivity index (χ0) is 22.8. The zero-order valence-corrected chi connectivity index (χ0v) is 19.2. The Kier molecular flexibility index (Phi) is 6.67. The van der Waals surface area contributed by atoms with Crippen molar-refractivity contribution < 1.29 is 9.72 Å². The molecule has 4 rings (SSSR count). The van der Waals surface area contributed by atoms with Crippen molar-refractivity contribution in [2.45, 2.75) is 32.9 Å². The highest BCUT2D eigenvalue weighted by molar-refractivity contribution is 6.30. The van der Waals surface area contributed by atoms with Crippen molar-refractivity contribution in [1.29, 1.82) is 0 Å². The number of benzene rings is 2. The quantitative estimate of drug-likeness (QED) is 0.527. The number of halogens is 1. The van der Waals surface area contributed by atoms with Crippen LogP contribution in [-0.2, 0) is 17.8 Å². The van der Waals surface area contributed by atoms with Gasteiger partial charge in [0, 0.05) is 55.6 Å². The molecule has 32 heavy (non-hydrogen) atoms. The maximum Gasteiger partial charge on any atom is 0.269 e. The Morgan fingerprint density at radius 1 is 1.22 bits per heavy atom. The molecule has 2 aliphatic heterocycles. The Hall–Kier alpha value is -2.64. The average Bonchev–Trinajstić information content (AvgIpc) is 2.77. The number of carbonyl (C=O) groups is 1. The van der Waals surface area contributed by atoms with Gasteiger partial charge in [0.1, 0.15) is 0 Å². The second-order valence-corrected chi connectivity index (χ2v) is 9.58. The molecule has 170 valence electrons. The van der Waals surface area contributed by atoms with Crippen molar-refractivity contribution in [3.05, 3.63) is 68.7 Å². The fraction of sp³-hybridized carbons (Fsp3) is 0.458. The van der Waals surface area contributed by atoms with E-state index >= 15 is 0 Å². The van der Waals surface area contributed by atoms with Gasteiger partial charge in [0.15, 0.2) is 0 Å². The summed E-state index contributed by atoms with van der Waals surface area (Å²) < 4.78 is 0. The van der Waals surface area contributed by atoms with Gasteiger partial charge in [-0.05, 0) is 41.7 Å². The van der Waals surface area contributed by atoms with Crippen molar-refractivity contribution in [2.75, 3.05) is 31.1 Å². The van der Waals surface area contributed by atoms with E-state index in [1.54, 1.807) is 12.1 Å². The summed E-state index contributed by atoms with van der Waals surface area (Å²) in [6.45, 7) is 7.96. The maximum atomic E-state index is 13.2. The number of amides is 1. The molecule has 1 saturated heterocycles. The summed E-state index contributed by atoms with van der Waals surface area (Å²) in [5.41, 5.74) is 3.16. The molecule has 1 fully saturated rings. The molecule has 2 atom stereocenters. The summed E-state index contributed by atoms with van der Waals surface area (Å²) in [6.07, 6.45) is 0.511. The zero-order valence-electron chi connectivity index (χ0n) is 18.5. The van der Waals surface area contributed by atoms with Gasteiger partial charge < -0.3 is 10.2 Å². The van der Waals surface area contributed by atoms with E-state index in [-0.39, 0.29) is 28.5 Å². The molecule has 7 nitrogen and oxygen atoms in total. The third-order valence-corrected chi connectivity index (χ3v) is 6.58. The van der Waals surface area contributed by atoms with E-state index in [1.807, 2.05) is 30.3 Å². The largest absolute Gasteiger partial charge is 0.365 e. The molecular weight excluding hydrogens is 428 g/mol. The van der Waals surface area contributed by atoms with Crippen LogP contribution in [0.4, 0.5) is 11.4 Å². The summed E-state index contributed by atoms with van der Waals surface area (Å²) in [5.74, 6) is 0.134. The highest BCUT2D eigenvalue weighted by Gasteiger charge is 2.41. The summed E-state index contributed by atoms with van der Waals surface area (Å²) in [6, 6.07) is 12.9. The van der Waals surface area contributed by atoms with E-state index in [0.29, 0.717) is 18.9 Å². The van der Waals surface area contributed by atoms with Crippen molar-refractivity contribution in [1.82, 2.24) is 10.2 Å². The molecule has 2 heterocycles. The number of carbonyl (C=O) groups excluding carboxylic acids is 1. The summed E-state index contributed by atoms with van der Waals surface area (Å²) in [5, 5.41) is 15.1. The number of non-ortho nitro benzene ring substituents is 1. The van der Waals surface area contributed by atoms with E-state index in [2.05, 4.69) is 29.0 Å². The van der Waals surface area contributed by atoms with Crippen molar-refractivity contribution in [2.24, 2.45) is 11.8 Å². The van der Waals surface area contributed by atoms with E-state index in [4.69, 9.17) is 11.6 Å². The predicted molar refractivity (Wildman–Crippen MR) is 126 cm³/mol. The highest BCUT2D eigenvalue weighted by Crippen LogP contribution is 2.38. The molecule has 0 radical (unpaired) electrons. The van der Waals surface area contributed by atoms with Crippen LogP contribution >= 0.6 is 11.6 Å². The molecule has 0 bridgehead atoms. The van der Waals surface area contributed by atoms with Crippen LogP contribution in [0, 0.1) is 22.0 Å². The lowest BCUT2D eigenvalue weighted by molar-refractivity contribution is -0.384. The highest BCUT2D eigenvalue weighted by atomic mass is 35.5. The molecule has 0 aliphatic carbocycles. The van der Waals surface area contributed by atoms with E-state index in [0.717, 1.165) is 42.5 Å². The van der Waals surface area contributed by atoms with Gasteiger partial charge in [-0.25, -0.2) is 0 Å². The SMILES string of the molecule is CC(C)CNC(=O)[C@H]1Cc2cc([N+](=O)[O-])ccc2N2CCN(Cc3ccc(Cl)cc3)C[C@H]12. The minimum Gasteiger partial charge on any atom is -0.365 e. The molecule has 1 amide bonds. The van der Waals surface area contributed by atoms with Crippen LogP contribution < -0.4 is 10.2 Å². The molecule has 0 spiro atoms. The van der Waals surface area contributed by atoms with Gasteiger partial charge in [-0.1, -0.05) is 37.6 Å². The molecule has 2 aromatic rings. The lowest BCUT2D eigenvalue weighted by Gasteiger charge is -2.49. The first-order valence-corrected chi connectivity index (χ1v) is 11.5. The fourth-order valence-electron chi connectivity index (χ4n) is 4.71. The number of nitro groups is 1. The minimum absolute atomic E-state index is 0.0252. The normalized spacial score (nSPS) is 20.6. The first-order chi connectivity index (χ1) is 15.3. The number of hydrogen-bond acceptors (Lipinski definition) is 5. The third-order valence-electron chi connectivity index (χ3n) is 6.33.